The van der Waals surface area contributed by atoms with Crippen molar-refractivity contribution in [2.45, 2.75) is 13.0 Å². The van der Waals surface area contributed by atoms with Crippen molar-refractivity contribution in [3.05, 3.63) is 59.7 Å². The lowest BCUT2D eigenvalue weighted by Crippen LogP contribution is -2.27. The molecule has 6 nitrogen and oxygen atoms in total. The Morgan fingerprint density at radius 1 is 1.12 bits per heavy atom. The zero-order valence-electron chi connectivity index (χ0n) is 14.2. The normalized spacial score (nSPS) is 14.7. The van der Waals surface area contributed by atoms with E-state index < -0.39 is 6.10 Å². The molecule has 0 bridgehead atoms. The van der Waals surface area contributed by atoms with Gasteiger partial charge in [0, 0.05) is 12.7 Å². The van der Waals surface area contributed by atoms with E-state index in [2.05, 4.69) is 10.5 Å². The summed E-state index contributed by atoms with van der Waals surface area (Å²) in [5.74, 6) is 1.07. The van der Waals surface area contributed by atoms with E-state index in [1.807, 2.05) is 55.5 Å². The number of hydrogen-bond donors (Lipinski definition) is 1. The summed E-state index contributed by atoms with van der Waals surface area (Å²) in [6.07, 6.45) is -0.710. The van der Waals surface area contributed by atoms with Crippen LogP contribution in [0.25, 0.3) is 0 Å². The molecule has 1 heterocycles. The zero-order valence-corrected chi connectivity index (χ0v) is 14.2. The van der Waals surface area contributed by atoms with Gasteiger partial charge in [-0.15, -0.1) is 0 Å². The van der Waals surface area contributed by atoms with E-state index in [4.69, 9.17) is 14.2 Å². The van der Waals surface area contributed by atoms with Crippen molar-refractivity contribution in [3.8, 4) is 11.5 Å². The van der Waals surface area contributed by atoms with Crippen molar-refractivity contribution < 1.29 is 19.0 Å². The molecular formula is C19H20N2O4. The lowest BCUT2D eigenvalue weighted by molar-refractivity contribution is -0.131. The number of methoxy groups -OCH3 is 1. The maximum Gasteiger partial charge on any atom is 0.273 e. The van der Waals surface area contributed by atoms with Gasteiger partial charge in [-0.25, -0.2) is 5.43 Å². The molecular weight excluding hydrogens is 320 g/mol. The van der Waals surface area contributed by atoms with Crippen molar-refractivity contribution in [2.24, 2.45) is 5.10 Å². The molecule has 0 saturated carbocycles. The summed E-state index contributed by atoms with van der Waals surface area (Å²) in [6, 6.07) is 14.9. The van der Waals surface area contributed by atoms with Crippen LogP contribution in [0.3, 0.4) is 0 Å². The molecule has 1 unspecified atom stereocenters. The summed E-state index contributed by atoms with van der Waals surface area (Å²) in [5.41, 5.74) is 4.84. The van der Waals surface area contributed by atoms with Gasteiger partial charge in [-0.1, -0.05) is 30.3 Å². The van der Waals surface area contributed by atoms with Crippen molar-refractivity contribution in [1.82, 2.24) is 5.43 Å². The molecule has 25 heavy (non-hydrogen) atoms. The van der Waals surface area contributed by atoms with Crippen molar-refractivity contribution in [3.63, 3.8) is 0 Å². The highest BCUT2D eigenvalue weighted by atomic mass is 16.6. The fourth-order valence-electron chi connectivity index (χ4n) is 2.55. The second-order valence-corrected chi connectivity index (χ2v) is 5.56. The minimum atomic E-state index is -0.710. The summed E-state index contributed by atoms with van der Waals surface area (Å²) in [7, 11) is 1.49. The van der Waals surface area contributed by atoms with E-state index in [1.165, 1.54) is 7.11 Å². The van der Waals surface area contributed by atoms with Crippen LogP contribution in [0.4, 0.5) is 0 Å². The number of rotatable bonds is 5. The molecule has 1 amide bonds. The van der Waals surface area contributed by atoms with E-state index >= 15 is 0 Å². The molecule has 0 saturated heterocycles. The maximum atomic E-state index is 12.4. The quantitative estimate of drug-likeness (QED) is 0.671. The molecule has 0 aromatic heterocycles. The van der Waals surface area contributed by atoms with Gasteiger partial charge in [-0.2, -0.15) is 5.10 Å². The molecule has 0 fully saturated rings. The number of benzene rings is 2. The first-order valence-electron chi connectivity index (χ1n) is 8.01. The smallest absolute Gasteiger partial charge is 0.273 e. The number of nitrogens with zero attached hydrogens (tertiary/aromatic N) is 1. The third kappa shape index (κ3) is 3.97. The molecule has 2 aromatic rings. The lowest BCUT2D eigenvalue weighted by Gasteiger charge is -2.19. The predicted octanol–water partition coefficient (Wildman–Crippen LogP) is 2.69. The van der Waals surface area contributed by atoms with Gasteiger partial charge in [0.25, 0.3) is 5.91 Å². The summed E-state index contributed by atoms with van der Waals surface area (Å²) >= 11 is 0. The van der Waals surface area contributed by atoms with Crippen LogP contribution in [0.5, 0.6) is 11.5 Å². The Labute approximate surface area is 146 Å². The summed E-state index contributed by atoms with van der Waals surface area (Å²) in [6.45, 7) is 2.89. The second-order valence-electron chi connectivity index (χ2n) is 5.56. The molecule has 130 valence electrons. The second kappa shape index (κ2) is 7.81. The van der Waals surface area contributed by atoms with Gasteiger partial charge in [-0.05, 0) is 30.7 Å². The lowest BCUT2D eigenvalue weighted by atomic mass is 10.1. The first kappa shape index (κ1) is 17.0. The minimum absolute atomic E-state index is 0.328. The van der Waals surface area contributed by atoms with E-state index in [-0.39, 0.29) is 5.91 Å². The Hall–Kier alpha value is -2.86. The fourth-order valence-corrected chi connectivity index (χ4v) is 2.55. The van der Waals surface area contributed by atoms with Gasteiger partial charge in [-0.3, -0.25) is 4.79 Å². The fraction of sp³-hybridized carbons (Fsp3) is 0.263. The van der Waals surface area contributed by atoms with Gasteiger partial charge in [0.15, 0.2) is 17.6 Å². The van der Waals surface area contributed by atoms with E-state index in [1.54, 1.807) is 0 Å². The first-order valence-corrected chi connectivity index (χ1v) is 8.01. The average Bonchev–Trinajstić information content (AvgIpc) is 2.67. The largest absolute Gasteiger partial charge is 0.486 e. The first-order chi connectivity index (χ1) is 12.2. The molecule has 3 rings (SSSR count). The van der Waals surface area contributed by atoms with Gasteiger partial charge in [0.2, 0.25) is 0 Å². The highest BCUT2D eigenvalue weighted by molar-refractivity contribution is 6.00. The molecule has 6 heteroatoms. The number of carbonyl (C=O) groups excluding carboxylic acids is 1. The Balaban J connectivity index is 1.71. The highest BCUT2D eigenvalue weighted by Gasteiger charge is 2.19. The van der Waals surface area contributed by atoms with Crippen LogP contribution in [0.2, 0.25) is 0 Å². The van der Waals surface area contributed by atoms with Crippen LogP contribution in [0, 0.1) is 0 Å². The van der Waals surface area contributed by atoms with Gasteiger partial charge < -0.3 is 14.2 Å². The van der Waals surface area contributed by atoms with Gasteiger partial charge >= 0.3 is 0 Å². The summed E-state index contributed by atoms with van der Waals surface area (Å²) in [5, 5.41) is 4.18. The number of nitrogens with one attached hydrogen (secondary N) is 1. The van der Waals surface area contributed by atoms with Crippen LogP contribution in [0.15, 0.2) is 53.6 Å². The van der Waals surface area contributed by atoms with Crippen LogP contribution < -0.4 is 14.9 Å². The molecule has 1 aliphatic rings. The van der Waals surface area contributed by atoms with Gasteiger partial charge in [0.1, 0.15) is 13.2 Å². The van der Waals surface area contributed by atoms with Gasteiger partial charge in [0.05, 0.1) is 5.71 Å². The number of fused-ring (bicyclic) bond motifs is 1. The van der Waals surface area contributed by atoms with Crippen molar-refractivity contribution in [2.75, 3.05) is 20.3 Å². The van der Waals surface area contributed by atoms with Crippen molar-refractivity contribution in [1.29, 1.82) is 0 Å². The molecule has 1 N–H and O–H groups in total. The number of carbonyl (C=O) groups is 1. The third-order valence-corrected chi connectivity index (χ3v) is 3.87. The number of hydrazone groups is 1. The minimum Gasteiger partial charge on any atom is -0.486 e. The Kier molecular flexibility index (Phi) is 5.30. The predicted molar refractivity (Wildman–Crippen MR) is 94.0 cm³/mol. The average molecular weight is 340 g/mol. The monoisotopic (exact) mass is 340 g/mol. The number of ether oxygens (including phenoxy) is 3. The molecule has 1 aliphatic heterocycles. The standard InChI is InChI=1S/C19H20N2O4/c1-13(15-8-9-16-17(12-15)25-11-10-24-16)20-21-19(22)18(23-2)14-6-4-3-5-7-14/h3-9,12,18H,10-11H2,1-2H3,(H,21,22). The number of amides is 1. The Morgan fingerprint density at radius 3 is 2.56 bits per heavy atom. The Morgan fingerprint density at radius 2 is 1.84 bits per heavy atom. The molecule has 0 aliphatic carbocycles. The van der Waals surface area contributed by atoms with E-state index in [0.29, 0.717) is 24.7 Å². The molecule has 1 atom stereocenters. The number of hydrogen-bond acceptors (Lipinski definition) is 5. The maximum absolute atomic E-state index is 12.4. The SMILES string of the molecule is COC(C(=O)NN=C(C)c1ccc2c(c1)OCCO2)c1ccccc1. The molecule has 2 aromatic carbocycles. The zero-order chi connectivity index (χ0) is 17.6. The highest BCUT2D eigenvalue weighted by Crippen LogP contribution is 2.30. The molecule has 0 radical (unpaired) electrons. The van der Waals surface area contributed by atoms with Crippen LogP contribution in [-0.2, 0) is 9.53 Å². The third-order valence-electron chi connectivity index (χ3n) is 3.87. The van der Waals surface area contributed by atoms with Crippen LogP contribution in [-0.4, -0.2) is 31.9 Å². The van der Waals surface area contributed by atoms with E-state index in [0.717, 1.165) is 16.9 Å². The van der Waals surface area contributed by atoms with Crippen LogP contribution in [0.1, 0.15) is 24.2 Å². The van der Waals surface area contributed by atoms with E-state index in [9.17, 15) is 4.79 Å². The van der Waals surface area contributed by atoms with Crippen molar-refractivity contribution >= 4 is 11.6 Å². The van der Waals surface area contributed by atoms with Crippen LogP contribution >= 0.6 is 0 Å². The molecule has 0 spiro atoms. The topological polar surface area (TPSA) is 69.2 Å². The summed E-state index contributed by atoms with van der Waals surface area (Å²) in [4.78, 5) is 12.4. The Bertz CT molecular complexity index is 774. The summed E-state index contributed by atoms with van der Waals surface area (Å²) < 4.78 is 16.4.